The van der Waals surface area contributed by atoms with Crippen LogP contribution in [0.3, 0.4) is 0 Å². The van der Waals surface area contributed by atoms with Crippen LogP contribution in [0.5, 0.6) is 5.75 Å². The Morgan fingerprint density at radius 1 is 1.18 bits per heavy atom. The molecule has 1 aromatic rings. The predicted molar refractivity (Wildman–Crippen MR) is 88.3 cm³/mol. The molecule has 1 N–H and O–H groups in total. The van der Waals surface area contributed by atoms with Gasteiger partial charge in [0.05, 0.1) is 7.11 Å². The summed E-state index contributed by atoms with van der Waals surface area (Å²) in [5.74, 6) is 1.19. The summed E-state index contributed by atoms with van der Waals surface area (Å²) in [5, 5.41) is 3.35. The zero-order chi connectivity index (χ0) is 15.8. The van der Waals surface area contributed by atoms with Crippen molar-refractivity contribution in [3.8, 4) is 5.75 Å². The Balaban J connectivity index is 1.62. The van der Waals surface area contributed by atoms with Crippen molar-refractivity contribution in [3.05, 3.63) is 29.8 Å². The first-order valence-corrected chi connectivity index (χ1v) is 7.99. The lowest BCUT2D eigenvalue weighted by molar-refractivity contribution is -0.132. The normalized spacial score (nSPS) is 15.8. The molecule has 0 bridgehead atoms. The molecular formula is C17H27N3O2. The first-order chi connectivity index (χ1) is 10.7. The third-order valence-corrected chi connectivity index (χ3v) is 4.14. The second-order valence-corrected chi connectivity index (χ2v) is 5.75. The fourth-order valence-corrected chi connectivity index (χ4v) is 2.67. The number of carbonyl (C=O) groups excluding carboxylic acids is 1. The van der Waals surface area contributed by atoms with E-state index in [4.69, 9.17) is 4.74 Å². The van der Waals surface area contributed by atoms with Gasteiger partial charge in [-0.1, -0.05) is 18.2 Å². The zero-order valence-corrected chi connectivity index (χ0v) is 13.7. The van der Waals surface area contributed by atoms with Gasteiger partial charge in [0.1, 0.15) is 5.75 Å². The highest BCUT2D eigenvalue weighted by Gasteiger charge is 2.18. The summed E-state index contributed by atoms with van der Waals surface area (Å²) in [4.78, 5) is 16.3. The molecular weight excluding hydrogens is 278 g/mol. The molecule has 0 aliphatic carbocycles. The van der Waals surface area contributed by atoms with Crippen LogP contribution in [0.2, 0.25) is 0 Å². The molecule has 0 radical (unpaired) electrons. The maximum Gasteiger partial charge on any atom is 0.223 e. The van der Waals surface area contributed by atoms with Gasteiger partial charge in [-0.3, -0.25) is 4.79 Å². The highest BCUT2D eigenvalue weighted by Crippen LogP contribution is 2.17. The number of benzene rings is 1. The summed E-state index contributed by atoms with van der Waals surface area (Å²) < 4.78 is 5.34. The fraction of sp³-hybridized carbons (Fsp3) is 0.588. The molecule has 5 heteroatoms. The topological polar surface area (TPSA) is 44.8 Å². The first-order valence-electron chi connectivity index (χ1n) is 7.99. The number of amides is 1. The van der Waals surface area contributed by atoms with E-state index in [0.29, 0.717) is 6.42 Å². The van der Waals surface area contributed by atoms with Gasteiger partial charge in [0.15, 0.2) is 0 Å². The molecule has 1 heterocycles. The van der Waals surface area contributed by atoms with E-state index in [1.807, 2.05) is 23.1 Å². The van der Waals surface area contributed by atoms with Gasteiger partial charge in [-0.25, -0.2) is 0 Å². The van der Waals surface area contributed by atoms with E-state index in [9.17, 15) is 4.79 Å². The van der Waals surface area contributed by atoms with Crippen LogP contribution in [-0.4, -0.2) is 69.1 Å². The molecule has 0 atom stereocenters. The van der Waals surface area contributed by atoms with Crippen LogP contribution in [0.1, 0.15) is 12.0 Å². The van der Waals surface area contributed by atoms with E-state index in [0.717, 1.165) is 51.4 Å². The molecule has 22 heavy (non-hydrogen) atoms. The molecule has 1 amide bonds. The van der Waals surface area contributed by atoms with E-state index in [1.165, 1.54) is 5.56 Å². The van der Waals surface area contributed by atoms with Crippen molar-refractivity contribution < 1.29 is 9.53 Å². The molecule has 0 aromatic heterocycles. The Morgan fingerprint density at radius 2 is 1.91 bits per heavy atom. The summed E-state index contributed by atoms with van der Waals surface area (Å²) in [6, 6.07) is 8.06. The number of ether oxygens (including phenoxy) is 1. The number of nitrogens with one attached hydrogen (secondary N) is 1. The van der Waals surface area contributed by atoms with Crippen molar-refractivity contribution >= 4 is 5.91 Å². The number of hydrogen-bond donors (Lipinski definition) is 1. The second kappa shape index (κ2) is 8.76. The van der Waals surface area contributed by atoms with Crippen LogP contribution < -0.4 is 10.1 Å². The van der Waals surface area contributed by atoms with Crippen LogP contribution in [0.15, 0.2) is 24.3 Å². The number of piperazine rings is 1. The monoisotopic (exact) mass is 305 g/mol. The molecule has 1 aliphatic heterocycles. The number of para-hydroxylation sites is 1. The minimum absolute atomic E-state index is 0.262. The molecule has 1 saturated heterocycles. The van der Waals surface area contributed by atoms with E-state index in [-0.39, 0.29) is 5.91 Å². The molecule has 2 rings (SSSR count). The molecule has 5 nitrogen and oxygen atoms in total. The van der Waals surface area contributed by atoms with Crippen LogP contribution >= 0.6 is 0 Å². The molecule has 0 spiro atoms. The number of nitrogens with zero attached hydrogens (tertiary/aromatic N) is 2. The van der Waals surface area contributed by atoms with Gasteiger partial charge in [-0.05, 0) is 31.6 Å². The fourth-order valence-electron chi connectivity index (χ4n) is 2.67. The van der Waals surface area contributed by atoms with E-state index >= 15 is 0 Å². The molecule has 0 saturated carbocycles. The lowest BCUT2D eigenvalue weighted by Gasteiger charge is -2.32. The number of methoxy groups -OCH3 is 1. The van der Waals surface area contributed by atoms with Crippen molar-refractivity contribution in [2.75, 3.05) is 53.4 Å². The minimum atomic E-state index is 0.262. The second-order valence-electron chi connectivity index (χ2n) is 5.75. The highest BCUT2D eigenvalue weighted by atomic mass is 16.5. The Morgan fingerprint density at radius 3 is 2.64 bits per heavy atom. The van der Waals surface area contributed by atoms with Gasteiger partial charge in [-0.15, -0.1) is 0 Å². The molecule has 1 aromatic carbocycles. The predicted octanol–water partition coefficient (Wildman–Crippen LogP) is 0.991. The highest BCUT2D eigenvalue weighted by molar-refractivity contribution is 5.76. The van der Waals surface area contributed by atoms with E-state index < -0.39 is 0 Å². The largest absolute Gasteiger partial charge is 0.496 e. The molecule has 122 valence electrons. The number of likely N-dealkylation sites (N-methyl/N-ethyl adjacent to an activating group) is 1. The minimum Gasteiger partial charge on any atom is -0.496 e. The summed E-state index contributed by atoms with van der Waals surface area (Å²) >= 11 is 0. The van der Waals surface area contributed by atoms with Crippen LogP contribution in [-0.2, 0) is 11.2 Å². The summed E-state index contributed by atoms with van der Waals surface area (Å²) in [7, 11) is 3.79. The van der Waals surface area contributed by atoms with Gasteiger partial charge in [0.25, 0.3) is 0 Å². The van der Waals surface area contributed by atoms with Crippen molar-refractivity contribution in [2.24, 2.45) is 0 Å². The van der Waals surface area contributed by atoms with Gasteiger partial charge >= 0.3 is 0 Å². The Labute approximate surface area is 133 Å². The van der Waals surface area contributed by atoms with Gasteiger partial charge in [0, 0.05) is 39.1 Å². The lowest BCUT2D eigenvalue weighted by Crippen LogP contribution is -2.47. The number of rotatable bonds is 7. The van der Waals surface area contributed by atoms with E-state index in [2.05, 4.69) is 23.3 Å². The smallest absolute Gasteiger partial charge is 0.223 e. The molecule has 0 unspecified atom stereocenters. The van der Waals surface area contributed by atoms with Crippen molar-refractivity contribution in [3.63, 3.8) is 0 Å². The third kappa shape index (κ3) is 5.00. The molecule has 1 fully saturated rings. The maximum atomic E-state index is 12.1. The lowest BCUT2D eigenvalue weighted by atomic mass is 10.1. The maximum absolute atomic E-state index is 12.1. The quantitative estimate of drug-likeness (QED) is 0.763. The van der Waals surface area contributed by atoms with Crippen molar-refractivity contribution in [1.82, 2.24) is 15.1 Å². The Hall–Kier alpha value is -1.59. The number of hydrogen-bond acceptors (Lipinski definition) is 4. The Bertz CT molecular complexity index is 471. The number of carbonyl (C=O) groups is 1. The average molecular weight is 305 g/mol. The van der Waals surface area contributed by atoms with Crippen LogP contribution in [0.4, 0.5) is 0 Å². The van der Waals surface area contributed by atoms with Crippen LogP contribution in [0.25, 0.3) is 0 Å². The van der Waals surface area contributed by atoms with Crippen LogP contribution in [0, 0.1) is 0 Å². The van der Waals surface area contributed by atoms with Crippen molar-refractivity contribution in [2.45, 2.75) is 12.8 Å². The van der Waals surface area contributed by atoms with Gasteiger partial charge in [-0.2, -0.15) is 0 Å². The Kier molecular flexibility index (Phi) is 6.68. The summed E-state index contributed by atoms with van der Waals surface area (Å²) in [5.41, 5.74) is 1.20. The standard InChI is InChI=1S/C17H27N3O2/c1-19-11-13-20(14-12-19)17(21)8-10-18-9-7-15-5-3-4-6-16(15)22-2/h3-6,18H,7-14H2,1-2H3. The van der Waals surface area contributed by atoms with Crippen molar-refractivity contribution in [1.29, 1.82) is 0 Å². The summed E-state index contributed by atoms with van der Waals surface area (Å²) in [6.45, 7) is 5.27. The van der Waals surface area contributed by atoms with Gasteiger partial charge in [0.2, 0.25) is 5.91 Å². The SMILES string of the molecule is COc1ccccc1CCNCCC(=O)N1CCN(C)CC1. The molecule has 1 aliphatic rings. The first kappa shape index (κ1) is 16.8. The zero-order valence-electron chi connectivity index (χ0n) is 13.7. The third-order valence-electron chi connectivity index (χ3n) is 4.14. The van der Waals surface area contributed by atoms with Gasteiger partial charge < -0.3 is 19.9 Å². The average Bonchev–Trinajstić information content (AvgIpc) is 2.55. The summed E-state index contributed by atoms with van der Waals surface area (Å²) in [6.07, 6.45) is 1.49. The van der Waals surface area contributed by atoms with E-state index in [1.54, 1.807) is 7.11 Å².